The molecule has 0 saturated heterocycles. The van der Waals surface area contributed by atoms with Crippen LogP contribution in [0.25, 0.3) is 11.3 Å². The van der Waals surface area contributed by atoms with E-state index in [0.717, 1.165) is 17.1 Å². The maximum Gasteiger partial charge on any atom is 0.339 e. The van der Waals surface area contributed by atoms with Crippen LogP contribution >= 0.6 is 0 Å². The summed E-state index contributed by atoms with van der Waals surface area (Å²) >= 11 is 0. The molecule has 0 aliphatic heterocycles. The summed E-state index contributed by atoms with van der Waals surface area (Å²) in [4.78, 5) is 20.2. The van der Waals surface area contributed by atoms with Gasteiger partial charge in [-0.2, -0.15) is 0 Å². The molecule has 5 nitrogen and oxygen atoms in total. The minimum atomic E-state index is -0.376. The molecule has 0 atom stereocenters. The molecule has 1 N–H and O–H groups in total. The number of ether oxygens (including phenoxy) is 1. The minimum absolute atomic E-state index is 0.376. The van der Waals surface area contributed by atoms with Crippen molar-refractivity contribution in [2.75, 3.05) is 12.4 Å². The van der Waals surface area contributed by atoms with Crippen molar-refractivity contribution < 1.29 is 9.53 Å². The fraction of sp³-hybridized carbons (Fsp3) is 0.389. The van der Waals surface area contributed by atoms with Crippen LogP contribution in [0.2, 0.25) is 0 Å². The number of aromatic nitrogens is 2. The van der Waals surface area contributed by atoms with E-state index in [2.05, 4.69) is 20.0 Å². The maximum absolute atomic E-state index is 11.5. The number of rotatable bonds is 4. The van der Waals surface area contributed by atoms with Gasteiger partial charge in [-0.3, -0.25) is 4.98 Å². The second-order valence-electron chi connectivity index (χ2n) is 5.83. The molecule has 1 fully saturated rings. The van der Waals surface area contributed by atoms with Crippen LogP contribution in [0.1, 0.15) is 42.5 Å². The Hall–Kier alpha value is -2.43. The molecule has 0 aromatic carbocycles. The van der Waals surface area contributed by atoms with E-state index in [1.54, 1.807) is 12.3 Å². The van der Waals surface area contributed by atoms with Crippen molar-refractivity contribution >= 4 is 11.8 Å². The Kier molecular flexibility index (Phi) is 4.86. The summed E-state index contributed by atoms with van der Waals surface area (Å²) in [5.74, 6) is 0.506. The predicted molar refractivity (Wildman–Crippen MR) is 89.3 cm³/mol. The van der Waals surface area contributed by atoms with Crippen LogP contribution in [0.3, 0.4) is 0 Å². The number of anilines is 1. The highest BCUT2D eigenvalue weighted by Gasteiger charge is 2.14. The number of carbonyl (C=O) groups excluding carboxylic acids is 1. The van der Waals surface area contributed by atoms with Crippen molar-refractivity contribution in [2.24, 2.45) is 0 Å². The van der Waals surface area contributed by atoms with Crippen LogP contribution in [0, 0.1) is 0 Å². The lowest BCUT2D eigenvalue weighted by molar-refractivity contribution is 0.0600. The molecule has 0 radical (unpaired) electrons. The number of hydrogen-bond donors (Lipinski definition) is 1. The van der Waals surface area contributed by atoms with Gasteiger partial charge in [0.1, 0.15) is 5.82 Å². The number of pyridine rings is 2. The highest BCUT2D eigenvalue weighted by Crippen LogP contribution is 2.23. The lowest BCUT2D eigenvalue weighted by Crippen LogP contribution is -2.22. The van der Waals surface area contributed by atoms with Crippen LogP contribution in [-0.4, -0.2) is 29.1 Å². The van der Waals surface area contributed by atoms with Crippen molar-refractivity contribution in [3.8, 4) is 11.3 Å². The van der Waals surface area contributed by atoms with E-state index in [-0.39, 0.29) is 5.97 Å². The molecule has 1 aliphatic carbocycles. The Morgan fingerprint density at radius 2 is 2.00 bits per heavy atom. The quantitative estimate of drug-likeness (QED) is 0.873. The SMILES string of the molecule is COC(=O)c1ccc(-c2ccnc(NC3CCCCC3)c2)nc1. The number of nitrogens with zero attached hydrogens (tertiary/aromatic N) is 2. The first-order valence-electron chi connectivity index (χ1n) is 8.03. The van der Waals surface area contributed by atoms with E-state index in [0.29, 0.717) is 11.6 Å². The summed E-state index contributed by atoms with van der Waals surface area (Å²) in [6.45, 7) is 0. The number of methoxy groups -OCH3 is 1. The summed E-state index contributed by atoms with van der Waals surface area (Å²) in [6, 6.07) is 8.00. The molecule has 0 amide bonds. The van der Waals surface area contributed by atoms with Gasteiger partial charge >= 0.3 is 5.97 Å². The van der Waals surface area contributed by atoms with Gasteiger partial charge in [0.05, 0.1) is 18.4 Å². The Labute approximate surface area is 136 Å². The molecule has 0 bridgehead atoms. The van der Waals surface area contributed by atoms with Crippen LogP contribution in [0.15, 0.2) is 36.7 Å². The van der Waals surface area contributed by atoms with Gasteiger partial charge in [-0.05, 0) is 37.1 Å². The van der Waals surface area contributed by atoms with Crippen molar-refractivity contribution in [1.29, 1.82) is 0 Å². The molecule has 120 valence electrons. The second-order valence-corrected chi connectivity index (χ2v) is 5.83. The molecule has 2 aromatic rings. The van der Waals surface area contributed by atoms with E-state index in [1.807, 2.05) is 18.2 Å². The van der Waals surface area contributed by atoms with Crippen LogP contribution in [0.5, 0.6) is 0 Å². The largest absolute Gasteiger partial charge is 0.465 e. The minimum Gasteiger partial charge on any atom is -0.465 e. The molecule has 1 saturated carbocycles. The van der Waals surface area contributed by atoms with Gasteiger partial charge in [0, 0.05) is 24.0 Å². The molecule has 23 heavy (non-hydrogen) atoms. The Morgan fingerprint density at radius 1 is 1.17 bits per heavy atom. The predicted octanol–water partition coefficient (Wildman–Crippen LogP) is 3.67. The normalized spacial score (nSPS) is 15.2. The molecular weight excluding hydrogens is 290 g/mol. The first-order valence-corrected chi connectivity index (χ1v) is 8.03. The van der Waals surface area contributed by atoms with Gasteiger partial charge in [-0.25, -0.2) is 9.78 Å². The molecule has 0 spiro atoms. The van der Waals surface area contributed by atoms with Crippen LogP contribution < -0.4 is 5.32 Å². The summed E-state index contributed by atoms with van der Waals surface area (Å²) in [5, 5.41) is 3.52. The van der Waals surface area contributed by atoms with Gasteiger partial charge in [0.15, 0.2) is 0 Å². The number of nitrogens with one attached hydrogen (secondary N) is 1. The number of hydrogen-bond acceptors (Lipinski definition) is 5. The Bertz CT molecular complexity index is 664. The molecule has 1 aliphatic rings. The molecular formula is C18H21N3O2. The van der Waals surface area contributed by atoms with Gasteiger partial charge in [0.2, 0.25) is 0 Å². The van der Waals surface area contributed by atoms with Crippen LogP contribution in [-0.2, 0) is 4.74 Å². The monoisotopic (exact) mass is 311 g/mol. The number of esters is 1. The highest BCUT2D eigenvalue weighted by atomic mass is 16.5. The summed E-state index contributed by atoms with van der Waals surface area (Å²) in [7, 11) is 1.36. The first kappa shape index (κ1) is 15.5. The Morgan fingerprint density at radius 3 is 2.70 bits per heavy atom. The third-order valence-corrected chi connectivity index (χ3v) is 4.20. The zero-order valence-corrected chi connectivity index (χ0v) is 13.3. The topological polar surface area (TPSA) is 64.1 Å². The lowest BCUT2D eigenvalue weighted by Gasteiger charge is -2.23. The zero-order valence-electron chi connectivity index (χ0n) is 13.3. The summed E-state index contributed by atoms with van der Waals surface area (Å²) in [6.07, 6.45) is 9.64. The zero-order chi connectivity index (χ0) is 16.1. The van der Waals surface area contributed by atoms with E-state index >= 15 is 0 Å². The fourth-order valence-corrected chi connectivity index (χ4v) is 2.93. The van der Waals surface area contributed by atoms with Crippen molar-refractivity contribution in [1.82, 2.24) is 9.97 Å². The van der Waals surface area contributed by atoms with E-state index in [1.165, 1.54) is 45.4 Å². The van der Waals surface area contributed by atoms with E-state index in [9.17, 15) is 4.79 Å². The van der Waals surface area contributed by atoms with Crippen molar-refractivity contribution in [3.05, 3.63) is 42.2 Å². The van der Waals surface area contributed by atoms with Crippen molar-refractivity contribution in [3.63, 3.8) is 0 Å². The molecule has 0 unspecified atom stereocenters. The van der Waals surface area contributed by atoms with E-state index in [4.69, 9.17) is 0 Å². The summed E-state index contributed by atoms with van der Waals surface area (Å²) < 4.78 is 4.69. The lowest BCUT2D eigenvalue weighted by atomic mass is 9.95. The molecule has 2 heterocycles. The molecule has 3 rings (SSSR count). The second kappa shape index (κ2) is 7.22. The van der Waals surface area contributed by atoms with E-state index < -0.39 is 0 Å². The molecule has 2 aromatic heterocycles. The first-order chi connectivity index (χ1) is 11.3. The maximum atomic E-state index is 11.5. The fourth-order valence-electron chi connectivity index (χ4n) is 2.93. The van der Waals surface area contributed by atoms with Gasteiger partial charge in [-0.1, -0.05) is 19.3 Å². The van der Waals surface area contributed by atoms with Gasteiger partial charge in [0.25, 0.3) is 0 Å². The van der Waals surface area contributed by atoms with Gasteiger partial charge in [-0.15, -0.1) is 0 Å². The average Bonchev–Trinajstić information content (AvgIpc) is 2.62. The van der Waals surface area contributed by atoms with Gasteiger partial charge < -0.3 is 10.1 Å². The smallest absolute Gasteiger partial charge is 0.339 e. The highest BCUT2D eigenvalue weighted by molar-refractivity contribution is 5.89. The van der Waals surface area contributed by atoms with Crippen molar-refractivity contribution in [2.45, 2.75) is 38.1 Å². The third kappa shape index (κ3) is 3.86. The number of carbonyl (C=O) groups is 1. The standard InChI is InChI=1S/C18H21N3O2/c1-23-18(22)14-7-8-16(20-12-14)13-9-10-19-17(11-13)21-15-5-3-2-4-6-15/h7-12,15H,2-6H2,1H3,(H,19,21). The third-order valence-electron chi connectivity index (χ3n) is 4.20. The summed E-state index contributed by atoms with van der Waals surface area (Å²) in [5.41, 5.74) is 2.24. The Balaban J connectivity index is 1.75. The average molecular weight is 311 g/mol. The molecule has 5 heteroatoms. The van der Waals surface area contributed by atoms with Crippen LogP contribution in [0.4, 0.5) is 5.82 Å².